The fourth-order valence-electron chi connectivity index (χ4n) is 7.83. The summed E-state index contributed by atoms with van der Waals surface area (Å²) in [6.45, 7) is 18.7. The van der Waals surface area contributed by atoms with Crippen molar-refractivity contribution in [2.45, 2.75) is 120 Å². The summed E-state index contributed by atoms with van der Waals surface area (Å²) in [4.78, 5) is 72.8. The Balaban J connectivity index is 0.000000350. The van der Waals surface area contributed by atoms with E-state index in [9.17, 15) is 44.1 Å². The molecule has 488 valence electrons. The zero-order chi connectivity index (χ0) is 65.5. The molecule has 89 heavy (non-hydrogen) atoms. The first-order valence-corrected chi connectivity index (χ1v) is 30.3. The second-order valence-electron chi connectivity index (χ2n) is 21.2. The highest BCUT2D eigenvalue weighted by Gasteiger charge is 2.17. The maximum absolute atomic E-state index is 12.4. The van der Waals surface area contributed by atoms with E-state index >= 15 is 0 Å². The van der Waals surface area contributed by atoms with Gasteiger partial charge in [-0.2, -0.15) is 0 Å². The van der Waals surface area contributed by atoms with Crippen LogP contribution < -0.4 is 52.0 Å². The minimum atomic E-state index is -0.656. The van der Waals surface area contributed by atoms with Crippen LogP contribution in [-0.4, -0.2) is 105 Å². The summed E-state index contributed by atoms with van der Waals surface area (Å²) in [6.07, 6.45) is 9.41. The van der Waals surface area contributed by atoms with Gasteiger partial charge in [-0.05, 0) is 140 Å². The van der Waals surface area contributed by atoms with Crippen molar-refractivity contribution in [3.8, 4) is 28.7 Å². The Bertz CT molecular complexity index is 2930. The fraction of sp³-hybridized carbons (Fsp3) is 0.455. The zero-order valence-electron chi connectivity index (χ0n) is 53.2. The van der Waals surface area contributed by atoms with Crippen molar-refractivity contribution in [1.29, 1.82) is 0 Å². The summed E-state index contributed by atoms with van der Waals surface area (Å²) in [5.74, 6) is 1.71. The molecule has 23 nitrogen and oxygen atoms in total. The van der Waals surface area contributed by atoms with Crippen LogP contribution in [0.4, 0.5) is 53.3 Å². The summed E-state index contributed by atoms with van der Waals surface area (Å²) in [5.41, 5.74) is 2.59. The molecule has 0 bridgehead atoms. The minimum Gasteiger partial charge on any atom is -0.506 e. The summed E-state index contributed by atoms with van der Waals surface area (Å²) < 4.78 is 31.5. The first-order valence-electron chi connectivity index (χ1n) is 30.3. The fourth-order valence-corrected chi connectivity index (χ4v) is 7.83. The van der Waals surface area contributed by atoms with Gasteiger partial charge in [0.25, 0.3) is 11.8 Å². The molecule has 4 atom stereocenters. The summed E-state index contributed by atoms with van der Waals surface area (Å²) >= 11 is 0. The van der Waals surface area contributed by atoms with Crippen LogP contribution in [0.2, 0.25) is 0 Å². The standard InChI is InChI=1S/C23H40N4O5.C22H20N2O5.C21H34N2O5/c1-5-8-9-18(7-3)14-32-16-24-22(29)26-19-10-11-21(28)20(12-19)27-23(30)25-15-31-13-17(4)6-2;1-28-17-8-3-14(4-9-17)21(26)23-16-7-12-20(25)19(13-16)24-22(27)15-5-10-18(29-2)11-6-15;1-5-8-9-16(7-3)14-28-20(25)22-17-10-11-19(24)18(12-17)23-21(26)27-13-15(4)6-2/h10-12,17-18,28H,5-9,13-16H2,1-4H3,(H2,24,26,29)(H2,25,27,30);3-13,25H,1-2H3,(H,23,26)(H,24,27);10-12,15-16,24H,5-9,13-14H2,1-4H3,(H,22,25)(H,23,26). The van der Waals surface area contributed by atoms with Gasteiger partial charge < -0.3 is 75.6 Å². The van der Waals surface area contributed by atoms with Crippen LogP contribution in [0.5, 0.6) is 28.7 Å². The van der Waals surface area contributed by atoms with Crippen LogP contribution in [0.25, 0.3) is 0 Å². The molecule has 0 saturated carbocycles. The summed E-state index contributed by atoms with van der Waals surface area (Å²) in [6, 6.07) is 25.4. The Hall–Kier alpha value is -8.96. The molecule has 0 saturated heterocycles. The maximum Gasteiger partial charge on any atom is 0.411 e. The predicted octanol–water partition coefficient (Wildman–Crippen LogP) is 14.5. The number of carbonyl (C=O) groups is 6. The number of nitrogens with one attached hydrogen (secondary N) is 8. The van der Waals surface area contributed by atoms with Crippen molar-refractivity contribution < 1.29 is 72.5 Å². The molecule has 23 heteroatoms. The highest BCUT2D eigenvalue weighted by Crippen LogP contribution is 2.30. The Kier molecular flexibility index (Phi) is 35.1. The van der Waals surface area contributed by atoms with Crippen molar-refractivity contribution >= 4 is 70.2 Å². The van der Waals surface area contributed by atoms with E-state index in [-0.39, 0.29) is 59.6 Å². The molecule has 0 spiro atoms. The summed E-state index contributed by atoms with van der Waals surface area (Å²) in [5, 5.41) is 50.8. The molecule has 0 aliphatic carbocycles. The normalized spacial score (nSPS) is 11.8. The number of rotatable bonds is 32. The second-order valence-corrected chi connectivity index (χ2v) is 21.2. The highest BCUT2D eigenvalue weighted by atomic mass is 16.6. The number of hydrogen-bond acceptors (Lipinski definition) is 15. The van der Waals surface area contributed by atoms with E-state index in [2.05, 4.69) is 84.1 Å². The topological polar surface area (TPSA) is 315 Å². The monoisotopic (exact) mass is 1240 g/mol. The second kappa shape index (κ2) is 42.0. The van der Waals surface area contributed by atoms with E-state index in [0.717, 1.165) is 57.8 Å². The average molecular weight is 1240 g/mol. The minimum absolute atomic E-state index is 0.0641. The molecule has 0 fully saturated rings. The number of ether oxygens (including phenoxy) is 6. The number of methoxy groups -OCH3 is 2. The van der Waals surface area contributed by atoms with E-state index in [1.54, 1.807) is 68.8 Å². The largest absolute Gasteiger partial charge is 0.506 e. The van der Waals surface area contributed by atoms with Crippen LogP contribution >= 0.6 is 0 Å². The lowest BCUT2D eigenvalue weighted by atomic mass is 10.0. The van der Waals surface area contributed by atoms with Gasteiger partial charge in [-0.25, -0.2) is 19.2 Å². The number of benzene rings is 5. The molecule has 5 aromatic carbocycles. The molecule has 0 aliphatic heterocycles. The molecular formula is C66H94N8O15. The number of phenols is 3. The molecule has 0 aliphatic rings. The van der Waals surface area contributed by atoms with Gasteiger partial charge in [-0.15, -0.1) is 0 Å². The van der Waals surface area contributed by atoms with Crippen molar-refractivity contribution in [3.05, 3.63) is 114 Å². The Labute approximate surface area is 523 Å². The quantitative estimate of drug-likeness (QED) is 0.00825. The third-order valence-corrected chi connectivity index (χ3v) is 14.0. The van der Waals surface area contributed by atoms with Crippen molar-refractivity contribution in [1.82, 2.24) is 10.6 Å². The summed E-state index contributed by atoms with van der Waals surface area (Å²) in [7, 11) is 3.09. The Morgan fingerprint density at radius 1 is 0.427 bits per heavy atom. The van der Waals surface area contributed by atoms with Gasteiger partial charge in [0, 0.05) is 28.2 Å². The van der Waals surface area contributed by atoms with E-state index in [1.165, 1.54) is 55.0 Å². The van der Waals surface area contributed by atoms with E-state index in [0.29, 0.717) is 83.9 Å². The van der Waals surface area contributed by atoms with Crippen LogP contribution in [0.15, 0.2) is 103 Å². The van der Waals surface area contributed by atoms with Gasteiger partial charge in [-0.3, -0.25) is 20.2 Å². The van der Waals surface area contributed by atoms with Crippen molar-refractivity contribution in [2.24, 2.45) is 23.7 Å². The van der Waals surface area contributed by atoms with Crippen LogP contribution in [0.3, 0.4) is 0 Å². The number of aromatic hydroxyl groups is 3. The lowest BCUT2D eigenvalue weighted by molar-refractivity contribution is 0.0855. The van der Waals surface area contributed by atoms with Gasteiger partial charge in [0.05, 0.1) is 57.7 Å². The van der Waals surface area contributed by atoms with Crippen LogP contribution in [0, 0.1) is 23.7 Å². The zero-order valence-corrected chi connectivity index (χ0v) is 53.2. The molecule has 4 unspecified atom stereocenters. The van der Waals surface area contributed by atoms with E-state index < -0.39 is 30.2 Å². The van der Waals surface area contributed by atoms with Gasteiger partial charge >= 0.3 is 24.2 Å². The van der Waals surface area contributed by atoms with Crippen LogP contribution in [-0.2, 0) is 18.9 Å². The number of anilines is 6. The van der Waals surface area contributed by atoms with Gasteiger partial charge in [0.15, 0.2) is 0 Å². The van der Waals surface area contributed by atoms with E-state index in [4.69, 9.17) is 28.4 Å². The van der Waals surface area contributed by atoms with Gasteiger partial charge in [0.1, 0.15) is 42.2 Å². The number of amides is 8. The molecule has 5 aromatic rings. The number of urea groups is 2. The first-order chi connectivity index (χ1) is 42.8. The number of unbranched alkanes of at least 4 members (excludes halogenated alkanes) is 2. The molecule has 0 aromatic heterocycles. The van der Waals surface area contributed by atoms with Gasteiger partial charge in [0.2, 0.25) is 0 Å². The predicted molar refractivity (Wildman–Crippen MR) is 348 cm³/mol. The lowest BCUT2D eigenvalue weighted by Crippen LogP contribution is -2.32. The lowest BCUT2D eigenvalue weighted by Gasteiger charge is -2.15. The third kappa shape index (κ3) is 29.5. The molecular weight excluding hydrogens is 1140 g/mol. The third-order valence-electron chi connectivity index (χ3n) is 14.0. The molecule has 5 rings (SSSR count). The Morgan fingerprint density at radius 3 is 1.29 bits per heavy atom. The molecule has 8 amide bonds. The van der Waals surface area contributed by atoms with Crippen molar-refractivity contribution in [2.75, 3.05) is 86.0 Å². The van der Waals surface area contributed by atoms with E-state index in [1.807, 2.05) is 13.8 Å². The average Bonchev–Trinajstić information content (AvgIpc) is 3.01. The SMILES string of the molecule is CCCCC(CC)COC(=O)Nc1ccc(O)c(NC(=O)OCC(C)CC)c1.CCCCC(CC)COCNC(=O)Nc1ccc(O)c(NC(=O)NCOCC(C)CC)c1.COc1ccc(C(=O)Nc2ccc(O)c(NC(=O)c3ccc(OC)cc3)c2)cc1. The molecule has 11 N–H and O–H groups in total. The number of phenolic OH excluding ortho intramolecular Hbond substituents is 3. The van der Waals surface area contributed by atoms with Gasteiger partial charge in [-0.1, -0.05) is 107 Å². The molecule has 0 heterocycles. The highest BCUT2D eigenvalue weighted by molar-refractivity contribution is 6.07. The van der Waals surface area contributed by atoms with Crippen LogP contribution in [0.1, 0.15) is 140 Å². The Morgan fingerprint density at radius 2 is 0.820 bits per heavy atom. The smallest absolute Gasteiger partial charge is 0.411 e. The number of carbonyl (C=O) groups excluding carboxylic acids is 6. The first kappa shape index (κ1) is 74.3. The van der Waals surface area contributed by atoms with Crippen molar-refractivity contribution in [3.63, 3.8) is 0 Å². The number of hydrogen-bond donors (Lipinski definition) is 11. The molecule has 0 radical (unpaired) electrons. The maximum atomic E-state index is 12.4.